The van der Waals surface area contributed by atoms with Crippen molar-refractivity contribution in [1.82, 2.24) is 14.9 Å². The van der Waals surface area contributed by atoms with Gasteiger partial charge in [-0.25, -0.2) is 14.8 Å². The number of hydrogen-bond acceptors (Lipinski definition) is 6. The van der Waals surface area contributed by atoms with Crippen LogP contribution in [0.2, 0.25) is 0 Å². The van der Waals surface area contributed by atoms with Gasteiger partial charge in [0.05, 0.1) is 25.3 Å². The lowest BCUT2D eigenvalue weighted by atomic mass is 10.1. The molecule has 1 aromatic heterocycles. The summed E-state index contributed by atoms with van der Waals surface area (Å²) in [4.78, 5) is 22.0. The number of hydrogen-bond donors (Lipinski definition) is 0. The van der Waals surface area contributed by atoms with Crippen LogP contribution in [-0.2, 0) is 22.3 Å². The molecule has 31 heavy (non-hydrogen) atoms. The summed E-state index contributed by atoms with van der Waals surface area (Å²) in [6.07, 6.45) is -2.95. The summed E-state index contributed by atoms with van der Waals surface area (Å²) in [5.74, 6) is 0. The van der Waals surface area contributed by atoms with E-state index >= 15 is 0 Å². The van der Waals surface area contributed by atoms with Crippen LogP contribution in [0.5, 0.6) is 6.01 Å². The number of carbonyl (C=O) groups is 1. The van der Waals surface area contributed by atoms with Crippen molar-refractivity contribution in [2.45, 2.75) is 51.4 Å². The summed E-state index contributed by atoms with van der Waals surface area (Å²) in [6.45, 7) is 5.76. The van der Waals surface area contributed by atoms with Crippen LogP contribution in [0, 0.1) is 0 Å². The van der Waals surface area contributed by atoms with Crippen molar-refractivity contribution in [2.75, 3.05) is 13.1 Å². The highest BCUT2D eigenvalue weighted by atomic mass is 19.4. The first kappa shape index (κ1) is 22.8. The zero-order chi connectivity index (χ0) is 22.6. The second kappa shape index (κ2) is 9.09. The first-order valence-electron chi connectivity index (χ1n) is 9.70. The van der Waals surface area contributed by atoms with E-state index in [1.54, 1.807) is 26.8 Å². The van der Waals surface area contributed by atoms with E-state index in [1.807, 2.05) is 0 Å². The van der Waals surface area contributed by atoms with Crippen molar-refractivity contribution in [3.63, 3.8) is 0 Å². The highest BCUT2D eigenvalue weighted by molar-refractivity contribution is 5.68. The van der Waals surface area contributed by atoms with Crippen molar-refractivity contribution in [2.24, 2.45) is 0 Å². The Kier molecular flexibility index (Phi) is 6.68. The monoisotopic (exact) mass is 439 g/mol. The lowest BCUT2D eigenvalue weighted by Gasteiger charge is -2.24. The Labute approximate surface area is 178 Å². The van der Waals surface area contributed by atoms with Crippen LogP contribution >= 0.6 is 0 Å². The number of amides is 1. The summed E-state index contributed by atoms with van der Waals surface area (Å²) in [5.41, 5.74) is -0.816. The van der Waals surface area contributed by atoms with Crippen LogP contribution < -0.4 is 4.74 Å². The quantitative estimate of drug-likeness (QED) is 0.699. The van der Waals surface area contributed by atoms with Gasteiger partial charge in [-0.3, -0.25) is 0 Å². The van der Waals surface area contributed by atoms with Gasteiger partial charge >= 0.3 is 18.3 Å². The minimum absolute atomic E-state index is 0.0560. The second-order valence-corrected chi connectivity index (χ2v) is 8.12. The molecule has 1 saturated heterocycles. The molecule has 1 aliphatic rings. The van der Waals surface area contributed by atoms with Crippen LogP contribution in [0.1, 0.15) is 31.9 Å². The van der Waals surface area contributed by atoms with E-state index < -0.39 is 35.6 Å². The lowest BCUT2D eigenvalue weighted by molar-refractivity contribution is -0.137. The molecule has 1 amide bonds. The minimum Gasteiger partial charge on any atom is -0.455 e. The standard InChI is InChI=1S/C21H24F3N3O4/c1-20(2,3)31-19(28)27-11-16(17(12-27)30-18-25-9-4-10-26-18)29-13-14-5-7-15(8-6-14)21(22,23)24/h4-10,16-17H,11-13H2,1-3H3/t16-,17-/m1/s1. The molecule has 1 aliphatic heterocycles. The van der Waals surface area contributed by atoms with Crippen molar-refractivity contribution >= 4 is 6.09 Å². The van der Waals surface area contributed by atoms with Crippen molar-refractivity contribution < 1.29 is 32.2 Å². The molecule has 0 N–H and O–H groups in total. The molecule has 2 heterocycles. The Morgan fingerprint density at radius 3 is 2.26 bits per heavy atom. The van der Waals surface area contributed by atoms with Gasteiger partial charge in [-0.2, -0.15) is 13.2 Å². The fourth-order valence-electron chi connectivity index (χ4n) is 2.97. The molecule has 168 valence electrons. The molecular formula is C21H24F3N3O4. The normalized spacial score (nSPS) is 19.4. The van der Waals surface area contributed by atoms with E-state index in [0.717, 1.165) is 12.1 Å². The van der Waals surface area contributed by atoms with Crippen LogP contribution in [-0.4, -0.2) is 51.9 Å². The summed E-state index contributed by atoms with van der Waals surface area (Å²) in [7, 11) is 0. The zero-order valence-electron chi connectivity index (χ0n) is 17.4. The third kappa shape index (κ3) is 6.55. The van der Waals surface area contributed by atoms with E-state index in [1.165, 1.54) is 29.4 Å². The van der Waals surface area contributed by atoms with Gasteiger partial charge < -0.3 is 19.1 Å². The van der Waals surface area contributed by atoms with Crippen LogP contribution in [0.4, 0.5) is 18.0 Å². The van der Waals surface area contributed by atoms with Crippen molar-refractivity contribution in [1.29, 1.82) is 0 Å². The van der Waals surface area contributed by atoms with Gasteiger partial charge in [-0.15, -0.1) is 0 Å². The number of carbonyl (C=O) groups excluding carboxylic acids is 1. The number of benzene rings is 1. The third-order valence-electron chi connectivity index (χ3n) is 4.41. The molecule has 2 aromatic rings. The molecule has 0 spiro atoms. The second-order valence-electron chi connectivity index (χ2n) is 8.12. The molecule has 0 radical (unpaired) electrons. The molecule has 7 nitrogen and oxygen atoms in total. The largest absolute Gasteiger partial charge is 0.455 e. The number of aromatic nitrogens is 2. The highest BCUT2D eigenvalue weighted by Gasteiger charge is 2.40. The van der Waals surface area contributed by atoms with Crippen molar-refractivity contribution in [3.8, 4) is 6.01 Å². The molecular weight excluding hydrogens is 415 g/mol. The smallest absolute Gasteiger partial charge is 0.416 e. The maximum Gasteiger partial charge on any atom is 0.416 e. The van der Waals surface area contributed by atoms with Gasteiger partial charge in [0.15, 0.2) is 0 Å². The van der Waals surface area contributed by atoms with Gasteiger partial charge in [0, 0.05) is 12.4 Å². The Balaban J connectivity index is 1.67. The number of alkyl halides is 3. The van der Waals surface area contributed by atoms with Gasteiger partial charge in [0.2, 0.25) is 0 Å². The number of halogens is 3. The zero-order valence-corrected chi connectivity index (χ0v) is 17.4. The first-order valence-corrected chi connectivity index (χ1v) is 9.70. The molecule has 1 aromatic carbocycles. The van der Waals surface area contributed by atoms with Gasteiger partial charge in [-0.1, -0.05) is 12.1 Å². The predicted octanol–water partition coefficient (Wildman–Crippen LogP) is 4.08. The van der Waals surface area contributed by atoms with E-state index in [0.29, 0.717) is 5.56 Å². The minimum atomic E-state index is -4.40. The summed E-state index contributed by atoms with van der Waals surface area (Å²) in [5, 5.41) is 0. The van der Waals surface area contributed by atoms with Crippen LogP contribution in [0.3, 0.4) is 0 Å². The molecule has 3 rings (SSSR count). The molecule has 0 saturated carbocycles. The maximum absolute atomic E-state index is 12.7. The SMILES string of the molecule is CC(C)(C)OC(=O)N1C[C@@H](OCc2ccc(C(F)(F)F)cc2)[C@H](Oc2ncccn2)C1. The molecule has 0 bridgehead atoms. The Bertz CT molecular complexity index is 870. The fraction of sp³-hybridized carbons (Fsp3) is 0.476. The maximum atomic E-state index is 12.7. The van der Waals surface area contributed by atoms with Crippen molar-refractivity contribution in [3.05, 3.63) is 53.9 Å². The number of nitrogens with zero attached hydrogens (tertiary/aromatic N) is 3. The van der Waals surface area contributed by atoms with E-state index in [2.05, 4.69) is 9.97 Å². The summed E-state index contributed by atoms with van der Waals surface area (Å²) in [6, 6.07) is 6.52. The van der Waals surface area contributed by atoms with E-state index in [-0.39, 0.29) is 25.7 Å². The number of likely N-dealkylation sites (tertiary alicyclic amines) is 1. The molecule has 0 aliphatic carbocycles. The average molecular weight is 439 g/mol. The van der Waals surface area contributed by atoms with Crippen LogP contribution in [0.25, 0.3) is 0 Å². The first-order chi connectivity index (χ1) is 14.5. The Morgan fingerprint density at radius 1 is 1.06 bits per heavy atom. The van der Waals surface area contributed by atoms with Crippen LogP contribution in [0.15, 0.2) is 42.7 Å². The number of ether oxygens (including phenoxy) is 3. The molecule has 1 fully saturated rings. The van der Waals surface area contributed by atoms with Gasteiger partial charge in [0.25, 0.3) is 0 Å². The summed E-state index contributed by atoms with van der Waals surface area (Å²) >= 11 is 0. The molecule has 0 unspecified atom stereocenters. The van der Waals surface area contributed by atoms with Gasteiger partial charge in [0.1, 0.15) is 17.8 Å². The van der Waals surface area contributed by atoms with E-state index in [9.17, 15) is 18.0 Å². The predicted molar refractivity (Wildman–Crippen MR) is 104 cm³/mol. The third-order valence-corrected chi connectivity index (χ3v) is 4.41. The Morgan fingerprint density at radius 2 is 1.68 bits per heavy atom. The molecule has 10 heteroatoms. The average Bonchev–Trinajstić information content (AvgIpc) is 3.08. The topological polar surface area (TPSA) is 73.8 Å². The van der Waals surface area contributed by atoms with Gasteiger partial charge in [-0.05, 0) is 44.5 Å². The number of rotatable bonds is 5. The highest BCUT2D eigenvalue weighted by Crippen LogP contribution is 2.29. The fourth-order valence-corrected chi connectivity index (χ4v) is 2.97. The lowest BCUT2D eigenvalue weighted by Crippen LogP contribution is -2.36. The molecule has 2 atom stereocenters. The Hall–Kier alpha value is -2.88. The van der Waals surface area contributed by atoms with E-state index in [4.69, 9.17) is 14.2 Å². The summed E-state index contributed by atoms with van der Waals surface area (Å²) < 4.78 is 55.3.